The molecule has 4 fully saturated rings. The van der Waals surface area contributed by atoms with E-state index in [1.54, 1.807) is 6.92 Å². The molecule has 0 radical (unpaired) electrons. The second kappa shape index (κ2) is 11.0. The molecule has 1 saturated heterocycles. The first-order valence-corrected chi connectivity index (χ1v) is 16.9. The molecule has 1 heterocycles. The fraction of sp³-hybridized carbons (Fsp3) is 0.750. The Labute approximate surface area is 270 Å². The van der Waals surface area contributed by atoms with Gasteiger partial charge in [-0.25, -0.2) is 0 Å². The first kappa shape index (κ1) is 33.8. The third-order valence-corrected chi connectivity index (χ3v) is 13.7. The van der Waals surface area contributed by atoms with E-state index < -0.39 is 76.2 Å². The predicted octanol–water partition coefficient (Wildman–Crippen LogP) is 2.39. The number of allylic oxidation sites excluding steroid dienone is 1. The topological polar surface area (TPSA) is 188 Å². The Kier molecular flexibility index (Phi) is 8.08. The molecule has 3 saturated carbocycles. The zero-order valence-electron chi connectivity index (χ0n) is 27.7. The van der Waals surface area contributed by atoms with Crippen LogP contribution in [0.25, 0.3) is 0 Å². The van der Waals surface area contributed by atoms with Gasteiger partial charge >= 0.3 is 0 Å². The van der Waals surface area contributed by atoms with E-state index in [2.05, 4.69) is 0 Å². The number of fused-ring (bicyclic) bond motifs is 7. The van der Waals surface area contributed by atoms with Gasteiger partial charge in [0.2, 0.25) is 0 Å². The van der Waals surface area contributed by atoms with E-state index in [1.165, 1.54) is 18.2 Å². The lowest BCUT2D eigenvalue weighted by Crippen LogP contribution is -2.66. The highest BCUT2D eigenvalue weighted by Crippen LogP contribution is 2.73. The number of ether oxygens (including phenoxy) is 1. The van der Waals surface area contributed by atoms with Gasteiger partial charge in [0, 0.05) is 42.3 Å². The third kappa shape index (κ3) is 4.43. The number of aromatic hydroxyl groups is 2. The van der Waals surface area contributed by atoms with E-state index in [1.807, 2.05) is 34.6 Å². The largest absolute Gasteiger partial charge is 0.508 e. The fourth-order valence-electron chi connectivity index (χ4n) is 11.2. The highest BCUT2D eigenvalue weighted by molar-refractivity contribution is 5.96. The fourth-order valence-corrected chi connectivity index (χ4v) is 11.2. The van der Waals surface area contributed by atoms with Crippen molar-refractivity contribution >= 4 is 5.78 Å². The van der Waals surface area contributed by atoms with Gasteiger partial charge in [-0.05, 0) is 84.6 Å². The van der Waals surface area contributed by atoms with E-state index >= 15 is 0 Å². The summed E-state index contributed by atoms with van der Waals surface area (Å²) in [6.07, 6.45) is -2.57. The highest BCUT2D eigenvalue weighted by Gasteiger charge is 2.77. The number of hydrogen-bond donors (Lipinski definition) is 8. The number of carbonyl (C=O) groups is 1. The van der Waals surface area contributed by atoms with Gasteiger partial charge in [0.05, 0.1) is 35.6 Å². The number of phenolic OH excluding ortho intramolecular Hbond substituents is 2. The third-order valence-electron chi connectivity index (χ3n) is 13.7. The molecule has 10 heteroatoms. The number of ketones is 1. The second-order valence-corrected chi connectivity index (χ2v) is 16.3. The second-order valence-electron chi connectivity index (χ2n) is 16.3. The molecule has 46 heavy (non-hydrogen) atoms. The summed E-state index contributed by atoms with van der Waals surface area (Å²) in [6, 6.07) is 3.94. The lowest BCUT2D eigenvalue weighted by Gasteiger charge is -2.64. The van der Waals surface area contributed by atoms with Gasteiger partial charge in [0.15, 0.2) is 5.78 Å². The summed E-state index contributed by atoms with van der Waals surface area (Å²) in [5.41, 5.74) is -4.24. The van der Waals surface area contributed by atoms with E-state index in [4.69, 9.17) is 4.74 Å². The Morgan fingerprint density at radius 2 is 1.63 bits per heavy atom. The summed E-state index contributed by atoms with van der Waals surface area (Å²) in [5.74, 6) is -3.93. The lowest BCUT2D eigenvalue weighted by atomic mass is 9.41. The molecule has 15 atom stereocenters. The van der Waals surface area contributed by atoms with Crippen molar-refractivity contribution in [2.75, 3.05) is 6.61 Å². The molecule has 0 unspecified atom stereocenters. The molecule has 5 aliphatic rings. The van der Waals surface area contributed by atoms with Crippen molar-refractivity contribution in [1.82, 2.24) is 0 Å². The zero-order valence-corrected chi connectivity index (χ0v) is 27.7. The maximum absolute atomic E-state index is 14.3. The van der Waals surface area contributed by atoms with Gasteiger partial charge in [0.25, 0.3) is 0 Å². The summed E-state index contributed by atoms with van der Waals surface area (Å²) < 4.78 is 6.49. The van der Waals surface area contributed by atoms with Crippen LogP contribution >= 0.6 is 0 Å². The van der Waals surface area contributed by atoms with Crippen LogP contribution in [0.5, 0.6) is 11.5 Å². The summed E-state index contributed by atoms with van der Waals surface area (Å²) >= 11 is 0. The minimum absolute atomic E-state index is 0.0783. The number of hydrogen-bond acceptors (Lipinski definition) is 10. The minimum Gasteiger partial charge on any atom is -0.508 e. The summed E-state index contributed by atoms with van der Waals surface area (Å²) in [7, 11) is 0. The van der Waals surface area contributed by atoms with Crippen LogP contribution in [0, 0.1) is 46.3 Å². The van der Waals surface area contributed by atoms with Crippen LogP contribution in [0.2, 0.25) is 0 Å². The molecule has 256 valence electrons. The Morgan fingerprint density at radius 3 is 2.22 bits per heavy atom. The summed E-state index contributed by atoms with van der Waals surface area (Å²) in [6.45, 7) is 11.3. The average Bonchev–Trinajstić information content (AvgIpc) is 3.36. The normalized spacial score (nSPS) is 47.9. The number of aliphatic hydroxyl groups is 6. The molecule has 0 spiro atoms. The van der Waals surface area contributed by atoms with E-state index in [-0.39, 0.29) is 54.5 Å². The number of carbonyl (C=O) groups excluding carboxylic acids is 1. The first-order chi connectivity index (χ1) is 21.3. The van der Waals surface area contributed by atoms with Crippen LogP contribution in [0.3, 0.4) is 0 Å². The van der Waals surface area contributed by atoms with Crippen LogP contribution in [0.15, 0.2) is 29.8 Å². The molecule has 6 rings (SSSR count). The highest BCUT2D eigenvalue weighted by atomic mass is 16.5. The number of aliphatic hydroxyl groups excluding tert-OH is 4. The average molecular weight is 645 g/mol. The molecule has 0 amide bonds. The van der Waals surface area contributed by atoms with E-state index in [0.717, 1.165) is 6.07 Å². The van der Waals surface area contributed by atoms with Crippen molar-refractivity contribution < 1.29 is 50.4 Å². The Balaban J connectivity index is 1.47. The maximum atomic E-state index is 14.3. The molecule has 4 aliphatic carbocycles. The zero-order chi connectivity index (χ0) is 33.9. The molecule has 1 aromatic rings. The quantitative estimate of drug-likeness (QED) is 0.228. The van der Waals surface area contributed by atoms with Crippen molar-refractivity contribution in [1.29, 1.82) is 0 Å². The Hall–Kier alpha value is -2.05. The number of phenols is 2. The summed E-state index contributed by atoms with van der Waals surface area (Å²) in [5, 5.41) is 90.0. The standard InChI is InChI=1S/C36H52O10/c1-16(2)17(3)29(42)32-35(6,44)31-26(46-32)15-36(45)23-13-24(40)28-27(18-9-20(38)12-21(39)10-18)30(43)25(41)14-33(28,4)22(23)11-19(7-8-37)34(31,36)5/h9-10,12-13,16-17,19,22,25-32,37-39,41-45H,7-8,11,14-15H2,1-6H3/t17-,19-,22-,25-,26-,27-,28+,29-,30-,31-,32-,33+,34+,35+,36+/m0/s1. The molecule has 10 nitrogen and oxygen atoms in total. The van der Waals surface area contributed by atoms with Gasteiger partial charge in [-0.3, -0.25) is 4.79 Å². The molecular formula is C36H52O10. The van der Waals surface area contributed by atoms with Gasteiger partial charge in [0.1, 0.15) is 17.6 Å². The summed E-state index contributed by atoms with van der Waals surface area (Å²) in [4.78, 5) is 14.3. The van der Waals surface area contributed by atoms with Crippen LogP contribution < -0.4 is 0 Å². The lowest BCUT2D eigenvalue weighted by molar-refractivity contribution is -0.194. The molecule has 8 N–H and O–H groups in total. The van der Waals surface area contributed by atoms with Crippen molar-refractivity contribution in [3.05, 3.63) is 35.4 Å². The van der Waals surface area contributed by atoms with E-state index in [0.29, 0.717) is 24.0 Å². The van der Waals surface area contributed by atoms with Crippen molar-refractivity contribution in [3.8, 4) is 11.5 Å². The van der Waals surface area contributed by atoms with Gasteiger partial charge < -0.3 is 45.6 Å². The Bertz CT molecular complexity index is 1390. The maximum Gasteiger partial charge on any atom is 0.160 e. The minimum atomic E-state index is -1.60. The van der Waals surface area contributed by atoms with Crippen LogP contribution in [0.4, 0.5) is 0 Å². The van der Waals surface area contributed by atoms with Crippen LogP contribution in [-0.4, -0.2) is 95.0 Å². The molecule has 1 aliphatic heterocycles. The SMILES string of the molecule is CC(C)[C@H](C)[C@H](O)[C@@H]1O[C@H]2C[C@@]3(O)C4=CC(=O)[C@@H]5[C@H](c6cc(O)cc(O)c6)[C@@H](O)[C@@H](O)C[C@]5(C)[C@H]4C[C@H](CCO)[C@]3(C)[C@H]2[C@@]1(C)O. The van der Waals surface area contributed by atoms with Crippen LogP contribution in [-0.2, 0) is 9.53 Å². The van der Waals surface area contributed by atoms with Gasteiger partial charge in [-0.15, -0.1) is 0 Å². The molecule has 1 aromatic carbocycles. The van der Waals surface area contributed by atoms with Crippen LogP contribution in [0.1, 0.15) is 78.7 Å². The van der Waals surface area contributed by atoms with Gasteiger partial charge in [-0.1, -0.05) is 34.6 Å². The van der Waals surface area contributed by atoms with Crippen molar-refractivity contribution in [2.24, 2.45) is 46.3 Å². The molecule has 0 aromatic heterocycles. The van der Waals surface area contributed by atoms with E-state index in [9.17, 15) is 45.6 Å². The van der Waals surface area contributed by atoms with Crippen molar-refractivity contribution in [3.63, 3.8) is 0 Å². The smallest absolute Gasteiger partial charge is 0.160 e. The van der Waals surface area contributed by atoms with Gasteiger partial charge in [-0.2, -0.15) is 0 Å². The number of benzene rings is 1. The molecular weight excluding hydrogens is 592 g/mol. The number of rotatable bonds is 6. The first-order valence-electron chi connectivity index (χ1n) is 16.9. The predicted molar refractivity (Wildman–Crippen MR) is 168 cm³/mol. The molecule has 0 bridgehead atoms. The van der Waals surface area contributed by atoms with Crippen molar-refractivity contribution in [2.45, 2.75) is 115 Å². The monoisotopic (exact) mass is 644 g/mol. The Morgan fingerprint density at radius 1 is 1.00 bits per heavy atom.